The fourth-order valence-corrected chi connectivity index (χ4v) is 4.79. The molecule has 144 valence electrons. The molecule has 0 spiro atoms. The number of aromatic nitrogens is 2. The summed E-state index contributed by atoms with van der Waals surface area (Å²) in [5.41, 5.74) is 7.65. The first-order valence-corrected chi connectivity index (χ1v) is 10.1. The van der Waals surface area contributed by atoms with Gasteiger partial charge in [0.2, 0.25) is 0 Å². The molecule has 0 aliphatic rings. The van der Waals surface area contributed by atoms with E-state index < -0.39 is 0 Å². The van der Waals surface area contributed by atoms with Crippen molar-refractivity contribution in [3.8, 4) is 5.75 Å². The van der Waals surface area contributed by atoms with Crippen LogP contribution in [-0.4, -0.2) is 15.1 Å². The number of para-hydroxylation sites is 2. The van der Waals surface area contributed by atoms with Crippen molar-refractivity contribution in [1.82, 2.24) is 9.97 Å². The van der Waals surface area contributed by atoms with E-state index in [0.29, 0.717) is 5.02 Å². The highest BCUT2D eigenvalue weighted by molar-refractivity contribution is 6.33. The first-order valence-electron chi connectivity index (χ1n) is 9.68. The van der Waals surface area contributed by atoms with Crippen LogP contribution < -0.4 is 0 Å². The number of hydrogen-bond donors (Lipinski definition) is 3. The lowest BCUT2D eigenvalue weighted by atomic mass is 9.82. The molecule has 5 rings (SSSR count). The number of phenols is 1. The summed E-state index contributed by atoms with van der Waals surface area (Å²) in [4.78, 5) is 7.05. The van der Waals surface area contributed by atoms with Crippen LogP contribution in [0.5, 0.6) is 5.75 Å². The quantitative estimate of drug-likeness (QED) is 0.306. The minimum atomic E-state index is -0.123. The number of nitrogens with one attached hydrogen (secondary N) is 2. The lowest BCUT2D eigenvalue weighted by Crippen LogP contribution is -2.06. The van der Waals surface area contributed by atoms with Crippen LogP contribution in [0.15, 0.2) is 66.7 Å². The molecule has 0 unspecified atom stereocenters. The Morgan fingerprint density at radius 1 is 0.724 bits per heavy atom. The Morgan fingerprint density at radius 2 is 1.24 bits per heavy atom. The molecule has 29 heavy (non-hydrogen) atoms. The van der Waals surface area contributed by atoms with Gasteiger partial charge in [-0.25, -0.2) is 0 Å². The fourth-order valence-electron chi connectivity index (χ4n) is 4.56. The number of fused-ring (bicyclic) bond motifs is 2. The molecule has 0 fully saturated rings. The number of rotatable bonds is 3. The number of aryl methyl sites for hydroxylation is 2. The Labute approximate surface area is 174 Å². The SMILES string of the molecule is Cc1[nH]c2ccccc2c1C(c1cccc(O)c1Cl)c1c(C)[nH]c2ccccc12. The lowest BCUT2D eigenvalue weighted by Gasteiger charge is -2.21. The molecular formula is C25H21ClN2O. The van der Waals surface area contributed by atoms with Gasteiger partial charge in [0.05, 0.1) is 5.02 Å². The van der Waals surface area contributed by atoms with Crippen LogP contribution in [0.3, 0.4) is 0 Å². The Bertz CT molecular complexity index is 1280. The largest absolute Gasteiger partial charge is 0.506 e. The van der Waals surface area contributed by atoms with E-state index in [1.165, 1.54) is 21.9 Å². The average molecular weight is 401 g/mol. The van der Waals surface area contributed by atoms with Crippen molar-refractivity contribution in [2.75, 3.05) is 0 Å². The normalized spacial score (nSPS) is 11.7. The molecule has 0 saturated heterocycles. The number of aromatic amines is 2. The lowest BCUT2D eigenvalue weighted by molar-refractivity contribution is 0.474. The zero-order valence-corrected chi connectivity index (χ0v) is 17.0. The molecule has 3 N–H and O–H groups in total. The van der Waals surface area contributed by atoms with Gasteiger partial charge in [-0.05, 0) is 48.7 Å². The maximum atomic E-state index is 10.4. The van der Waals surface area contributed by atoms with E-state index in [0.717, 1.165) is 28.0 Å². The van der Waals surface area contributed by atoms with Gasteiger partial charge in [-0.1, -0.05) is 60.1 Å². The summed E-state index contributed by atoms with van der Waals surface area (Å²) in [5, 5.41) is 13.1. The number of halogens is 1. The van der Waals surface area contributed by atoms with Crippen LogP contribution in [0.25, 0.3) is 21.8 Å². The highest BCUT2D eigenvalue weighted by atomic mass is 35.5. The molecule has 3 nitrogen and oxygen atoms in total. The van der Waals surface area contributed by atoms with E-state index in [1.807, 2.05) is 24.3 Å². The Hall–Kier alpha value is -3.17. The summed E-state index contributed by atoms with van der Waals surface area (Å²) >= 11 is 6.66. The highest BCUT2D eigenvalue weighted by Gasteiger charge is 2.29. The molecule has 0 atom stereocenters. The first-order chi connectivity index (χ1) is 14.1. The summed E-state index contributed by atoms with van der Waals surface area (Å²) in [6.45, 7) is 4.20. The Morgan fingerprint density at radius 3 is 1.79 bits per heavy atom. The van der Waals surface area contributed by atoms with Gasteiger partial charge < -0.3 is 15.1 Å². The van der Waals surface area contributed by atoms with Crippen molar-refractivity contribution < 1.29 is 5.11 Å². The number of H-pyrrole nitrogens is 2. The summed E-state index contributed by atoms with van der Waals surface area (Å²) in [6, 6.07) is 22.2. The molecular weight excluding hydrogens is 380 g/mol. The number of phenolic OH excluding ortho intramolecular Hbond substituents is 1. The second-order valence-electron chi connectivity index (χ2n) is 7.53. The summed E-state index contributed by atoms with van der Waals surface area (Å²) < 4.78 is 0. The van der Waals surface area contributed by atoms with Crippen molar-refractivity contribution >= 4 is 33.4 Å². The molecule has 0 aliphatic heterocycles. The summed E-state index contributed by atoms with van der Waals surface area (Å²) in [6.07, 6.45) is 0. The topological polar surface area (TPSA) is 51.8 Å². The molecule has 0 radical (unpaired) electrons. The first kappa shape index (κ1) is 17.9. The van der Waals surface area contributed by atoms with Crippen molar-refractivity contribution in [3.05, 3.63) is 99.8 Å². The second kappa shape index (κ2) is 6.71. The second-order valence-corrected chi connectivity index (χ2v) is 7.91. The third-order valence-corrected chi connectivity index (χ3v) is 6.20. The predicted octanol–water partition coefficient (Wildman–Crippen LogP) is 6.81. The third kappa shape index (κ3) is 2.73. The van der Waals surface area contributed by atoms with Crippen molar-refractivity contribution in [3.63, 3.8) is 0 Å². The molecule has 0 saturated carbocycles. The van der Waals surface area contributed by atoms with Gasteiger partial charge in [-0.3, -0.25) is 0 Å². The van der Waals surface area contributed by atoms with E-state index in [1.54, 1.807) is 6.07 Å². The van der Waals surface area contributed by atoms with Gasteiger partial charge in [0.1, 0.15) is 5.75 Å². The van der Waals surface area contributed by atoms with E-state index in [9.17, 15) is 5.11 Å². The van der Waals surface area contributed by atoms with Crippen LogP contribution >= 0.6 is 11.6 Å². The highest BCUT2D eigenvalue weighted by Crippen LogP contribution is 2.46. The number of benzene rings is 3. The summed E-state index contributed by atoms with van der Waals surface area (Å²) in [5.74, 6) is -0.0222. The third-order valence-electron chi connectivity index (χ3n) is 5.78. The molecule has 2 heterocycles. The zero-order chi connectivity index (χ0) is 20.1. The molecule has 0 amide bonds. The average Bonchev–Trinajstić information content (AvgIpc) is 3.22. The minimum Gasteiger partial charge on any atom is -0.506 e. The van der Waals surface area contributed by atoms with E-state index in [4.69, 9.17) is 11.6 Å². The van der Waals surface area contributed by atoms with Gasteiger partial charge in [-0.15, -0.1) is 0 Å². The van der Waals surface area contributed by atoms with Crippen LogP contribution in [0.1, 0.15) is 34.0 Å². The summed E-state index contributed by atoms with van der Waals surface area (Å²) in [7, 11) is 0. The predicted molar refractivity (Wildman–Crippen MR) is 120 cm³/mol. The molecule has 2 aromatic heterocycles. The smallest absolute Gasteiger partial charge is 0.134 e. The molecule has 3 aromatic carbocycles. The van der Waals surface area contributed by atoms with Crippen LogP contribution in [-0.2, 0) is 0 Å². The maximum absolute atomic E-state index is 10.4. The van der Waals surface area contributed by atoms with E-state index >= 15 is 0 Å². The minimum absolute atomic E-state index is 0.101. The fraction of sp³-hybridized carbons (Fsp3) is 0.120. The van der Waals surface area contributed by atoms with Crippen molar-refractivity contribution in [2.45, 2.75) is 19.8 Å². The van der Waals surface area contributed by atoms with Crippen LogP contribution in [0.2, 0.25) is 5.02 Å². The maximum Gasteiger partial charge on any atom is 0.134 e. The molecule has 4 heteroatoms. The molecule has 0 bridgehead atoms. The molecule has 5 aromatic rings. The monoisotopic (exact) mass is 400 g/mol. The molecule has 0 aliphatic carbocycles. The number of aromatic hydroxyl groups is 1. The van der Waals surface area contributed by atoms with Crippen LogP contribution in [0, 0.1) is 13.8 Å². The van der Waals surface area contributed by atoms with Gasteiger partial charge in [0.25, 0.3) is 0 Å². The zero-order valence-electron chi connectivity index (χ0n) is 16.3. The van der Waals surface area contributed by atoms with E-state index in [2.05, 4.69) is 60.2 Å². The van der Waals surface area contributed by atoms with Gasteiger partial charge in [0.15, 0.2) is 0 Å². The van der Waals surface area contributed by atoms with E-state index in [-0.39, 0.29) is 11.7 Å². The van der Waals surface area contributed by atoms with Crippen LogP contribution in [0.4, 0.5) is 0 Å². The number of hydrogen-bond acceptors (Lipinski definition) is 1. The Balaban J connectivity index is 1.91. The Kier molecular flexibility index (Phi) is 4.14. The van der Waals surface area contributed by atoms with Crippen molar-refractivity contribution in [1.29, 1.82) is 0 Å². The van der Waals surface area contributed by atoms with Gasteiger partial charge in [0, 0.05) is 39.1 Å². The van der Waals surface area contributed by atoms with Gasteiger partial charge in [-0.2, -0.15) is 0 Å². The van der Waals surface area contributed by atoms with Gasteiger partial charge >= 0.3 is 0 Å². The van der Waals surface area contributed by atoms with Crippen molar-refractivity contribution in [2.24, 2.45) is 0 Å². The standard InChI is InChI=1S/C25H21ClN2O/c1-14-22(16-8-3-5-11-19(16)27-14)24(18-10-7-13-21(29)25(18)26)23-15(2)28-20-12-6-4-9-17(20)23/h3-13,24,27-29H,1-2H3.